The van der Waals surface area contributed by atoms with Crippen molar-refractivity contribution in [2.45, 2.75) is 52.8 Å². The second-order valence-electron chi connectivity index (χ2n) is 6.61. The minimum atomic E-state index is 0.183. The van der Waals surface area contributed by atoms with Crippen molar-refractivity contribution < 1.29 is 4.74 Å². The maximum Gasteiger partial charge on any atom is 0.0951 e. The fourth-order valence-electron chi connectivity index (χ4n) is 2.97. The Morgan fingerprint density at radius 3 is 2.84 bits per heavy atom. The largest absolute Gasteiger partial charge is 0.381 e. The Hall–Kier alpha value is -0.870. The number of nitrogens with one attached hydrogen (secondary N) is 1. The molecule has 0 spiro atoms. The Labute approximate surface area is 116 Å². The minimum Gasteiger partial charge on any atom is -0.381 e. The van der Waals surface area contributed by atoms with Crippen LogP contribution in [0.25, 0.3) is 0 Å². The fourth-order valence-corrected chi connectivity index (χ4v) is 2.97. The molecule has 4 heteroatoms. The zero-order valence-electron chi connectivity index (χ0n) is 12.8. The number of hydrogen-bond donors (Lipinski definition) is 1. The molecule has 0 amide bonds. The van der Waals surface area contributed by atoms with E-state index in [0.717, 1.165) is 19.5 Å². The van der Waals surface area contributed by atoms with Gasteiger partial charge in [0.25, 0.3) is 0 Å². The van der Waals surface area contributed by atoms with Crippen molar-refractivity contribution in [2.75, 3.05) is 13.7 Å². The molecular formula is C15H27N3O. The highest BCUT2D eigenvalue weighted by Gasteiger charge is 2.49. The highest BCUT2D eigenvalue weighted by molar-refractivity contribution is 5.09. The van der Waals surface area contributed by atoms with Crippen LogP contribution in [0.2, 0.25) is 0 Å². The number of hydrogen-bond acceptors (Lipinski definition) is 3. The van der Waals surface area contributed by atoms with Crippen LogP contribution in [0.4, 0.5) is 0 Å². The molecule has 0 radical (unpaired) electrons. The lowest BCUT2D eigenvalue weighted by Crippen LogP contribution is -2.51. The molecule has 4 nitrogen and oxygen atoms in total. The molecule has 1 aliphatic rings. The maximum absolute atomic E-state index is 5.53. The Bertz CT molecular complexity index is 411. The van der Waals surface area contributed by atoms with Crippen LogP contribution in [0.3, 0.4) is 0 Å². The SMILES string of the molecule is COC1CC(n2cncc2CNCC(C)C)C1(C)C. The molecule has 0 aliphatic heterocycles. The van der Waals surface area contributed by atoms with Crippen molar-refractivity contribution in [1.29, 1.82) is 0 Å². The third kappa shape index (κ3) is 2.84. The van der Waals surface area contributed by atoms with Crippen molar-refractivity contribution in [3.8, 4) is 0 Å². The van der Waals surface area contributed by atoms with Gasteiger partial charge >= 0.3 is 0 Å². The lowest BCUT2D eigenvalue weighted by molar-refractivity contribution is -0.113. The molecule has 1 heterocycles. The second-order valence-corrected chi connectivity index (χ2v) is 6.61. The molecule has 108 valence electrons. The molecule has 2 unspecified atom stereocenters. The van der Waals surface area contributed by atoms with Crippen LogP contribution in [0, 0.1) is 11.3 Å². The summed E-state index contributed by atoms with van der Waals surface area (Å²) in [6, 6.07) is 0.496. The lowest BCUT2D eigenvalue weighted by atomic mass is 9.64. The summed E-state index contributed by atoms with van der Waals surface area (Å²) in [6.07, 6.45) is 5.38. The van der Waals surface area contributed by atoms with Crippen LogP contribution < -0.4 is 5.32 Å². The Morgan fingerprint density at radius 1 is 1.53 bits per heavy atom. The van der Waals surface area contributed by atoms with Gasteiger partial charge in [-0.15, -0.1) is 0 Å². The summed E-state index contributed by atoms with van der Waals surface area (Å²) in [7, 11) is 1.81. The smallest absolute Gasteiger partial charge is 0.0951 e. The lowest BCUT2D eigenvalue weighted by Gasteiger charge is -2.52. The first kappa shape index (κ1) is 14.5. The quantitative estimate of drug-likeness (QED) is 0.859. The van der Waals surface area contributed by atoms with Gasteiger partial charge < -0.3 is 14.6 Å². The molecule has 1 aromatic heterocycles. The van der Waals surface area contributed by atoms with Crippen LogP contribution in [0.1, 0.15) is 45.9 Å². The molecule has 1 N–H and O–H groups in total. The van der Waals surface area contributed by atoms with Crippen molar-refractivity contribution in [3.05, 3.63) is 18.2 Å². The Morgan fingerprint density at radius 2 is 2.26 bits per heavy atom. The molecule has 2 atom stereocenters. The fraction of sp³-hybridized carbons (Fsp3) is 0.800. The number of rotatable bonds is 6. The minimum absolute atomic E-state index is 0.183. The first-order valence-corrected chi connectivity index (χ1v) is 7.21. The van der Waals surface area contributed by atoms with E-state index in [1.54, 1.807) is 0 Å². The van der Waals surface area contributed by atoms with Crippen LogP contribution in [-0.2, 0) is 11.3 Å². The third-order valence-corrected chi connectivity index (χ3v) is 4.35. The number of methoxy groups -OCH3 is 1. The summed E-state index contributed by atoms with van der Waals surface area (Å²) >= 11 is 0. The Balaban J connectivity index is 2.00. The number of ether oxygens (including phenoxy) is 1. The van der Waals surface area contributed by atoms with Crippen molar-refractivity contribution >= 4 is 0 Å². The molecule has 0 aromatic carbocycles. The first-order valence-electron chi connectivity index (χ1n) is 7.21. The first-order chi connectivity index (χ1) is 8.96. The Kier molecular flexibility index (Phi) is 4.31. The molecule has 2 rings (SSSR count). The number of imidazole rings is 1. The van der Waals surface area contributed by atoms with Crippen LogP contribution in [0.5, 0.6) is 0 Å². The van der Waals surface area contributed by atoms with E-state index < -0.39 is 0 Å². The van der Waals surface area contributed by atoms with Crippen LogP contribution >= 0.6 is 0 Å². The number of nitrogens with zero attached hydrogens (tertiary/aromatic N) is 2. The van der Waals surface area contributed by atoms with Crippen molar-refractivity contribution in [1.82, 2.24) is 14.9 Å². The van der Waals surface area contributed by atoms with E-state index in [0.29, 0.717) is 18.1 Å². The van der Waals surface area contributed by atoms with Crippen LogP contribution in [0.15, 0.2) is 12.5 Å². The van der Waals surface area contributed by atoms with E-state index in [4.69, 9.17) is 4.74 Å². The molecule has 0 saturated heterocycles. The molecule has 0 bridgehead atoms. The molecular weight excluding hydrogens is 238 g/mol. The summed E-state index contributed by atoms with van der Waals surface area (Å²) < 4.78 is 7.86. The highest BCUT2D eigenvalue weighted by atomic mass is 16.5. The van der Waals surface area contributed by atoms with E-state index >= 15 is 0 Å². The molecule has 19 heavy (non-hydrogen) atoms. The van der Waals surface area contributed by atoms with Gasteiger partial charge in [-0.25, -0.2) is 4.98 Å². The standard InChI is InChI=1S/C15H27N3O/c1-11(2)7-16-8-12-9-17-10-18(12)13-6-14(19-5)15(13,3)4/h9-11,13-14,16H,6-8H2,1-5H3. The second kappa shape index (κ2) is 5.63. The van der Waals surface area contributed by atoms with Gasteiger partial charge in [0, 0.05) is 31.3 Å². The summed E-state index contributed by atoms with van der Waals surface area (Å²) in [5, 5.41) is 3.49. The topological polar surface area (TPSA) is 39.1 Å². The van der Waals surface area contributed by atoms with Crippen LogP contribution in [-0.4, -0.2) is 29.3 Å². The van der Waals surface area contributed by atoms with Gasteiger partial charge in [-0.3, -0.25) is 0 Å². The van der Waals surface area contributed by atoms with Gasteiger partial charge in [-0.1, -0.05) is 27.7 Å². The summed E-state index contributed by atoms with van der Waals surface area (Å²) in [5.41, 5.74) is 1.45. The van der Waals surface area contributed by atoms with Gasteiger partial charge in [0.2, 0.25) is 0 Å². The predicted molar refractivity (Wildman–Crippen MR) is 77.0 cm³/mol. The van der Waals surface area contributed by atoms with E-state index in [1.807, 2.05) is 19.6 Å². The zero-order chi connectivity index (χ0) is 14.0. The summed E-state index contributed by atoms with van der Waals surface area (Å²) in [6.45, 7) is 10.9. The van der Waals surface area contributed by atoms with E-state index in [9.17, 15) is 0 Å². The summed E-state index contributed by atoms with van der Waals surface area (Å²) in [5.74, 6) is 0.675. The van der Waals surface area contributed by atoms with E-state index in [-0.39, 0.29) is 5.41 Å². The highest BCUT2D eigenvalue weighted by Crippen LogP contribution is 2.51. The average Bonchev–Trinajstić information content (AvgIpc) is 2.76. The third-order valence-electron chi connectivity index (χ3n) is 4.35. The average molecular weight is 265 g/mol. The van der Waals surface area contributed by atoms with E-state index in [2.05, 4.69) is 42.6 Å². The normalized spacial score (nSPS) is 25.6. The van der Waals surface area contributed by atoms with Crippen molar-refractivity contribution in [2.24, 2.45) is 11.3 Å². The molecule has 1 fully saturated rings. The number of aromatic nitrogens is 2. The van der Waals surface area contributed by atoms with Gasteiger partial charge in [0.15, 0.2) is 0 Å². The monoisotopic (exact) mass is 265 g/mol. The van der Waals surface area contributed by atoms with Crippen molar-refractivity contribution in [3.63, 3.8) is 0 Å². The van der Waals surface area contributed by atoms with Gasteiger partial charge in [0.05, 0.1) is 18.1 Å². The molecule has 1 aliphatic carbocycles. The van der Waals surface area contributed by atoms with Gasteiger partial charge in [0.1, 0.15) is 0 Å². The zero-order valence-corrected chi connectivity index (χ0v) is 12.8. The molecule has 1 saturated carbocycles. The van der Waals surface area contributed by atoms with E-state index in [1.165, 1.54) is 5.69 Å². The molecule has 1 aromatic rings. The predicted octanol–water partition coefficient (Wildman–Crippen LogP) is 2.61. The maximum atomic E-state index is 5.53. The van der Waals surface area contributed by atoms with Gasteiger partial charge in [-0.2, -0.15) is 0 Å². The van der Waals surface area contributed by atoms with Gasteiger partial charge in [-0.05, 0) is 18.9 Å². The summed E-state index contributed by atoms with van der Waals surface area (Å²) in [4.78, 5) is 4.32.